The molecule has 1 atom stereocenters. The molecule has 0 spiro atoms. The predicted molar refractivity (Wildman–Crippen MR) is 157 cm³/mol. The van der Waals surface area contributed by atoms with Crippen molar-refractivity contribution in [2.75, 3.05) is 0 Å². The minimum absolute atomic E-state index is 0.694. The van der Waals surface area contributed by atoms with E-state index in [4.69, 9.17) is 0 Å². The van der Waals surface area contributed by atoms with Gasteiger partial charge in [0.15, 0.2) is 0 Å². The second-order valence-corrected chi connectivity index (χ2v) is 12.1. The maximum atomic E-state index is 2.39. The summed E-state index contributed by atoms with van der Waals surface area (Å²) in [6.07, 6.45) is 1.99. The van der Waals surface area contributed by atoms with Gasteiger partial charge < -0.3 is 0 Å². The number of benzene rings is 5. The van der Waals surface area contributed by atoms with Crippen LogP contribution in [0.5, 0.6) is 0 Å². The lowest BCUT2D eigenvalue weighted by Gasteiger charge is -2.25. The highest BCUT2D eigenvalue weighted by molar-refractivity contribution is 7.80. The smallest absolute Gasteiger partial charge is 0.000688 e. The van der Waals surface area contributed by atoms with Gasteiger partial charge in [0.25, 0.3) is 0 Å². The summed E-state index contributed by atoms with van der Waals surface area (Å²) < 4.78 is 0. The normalized spacial score (nSPS) is 12.8. The molecule has 0 saturated carbocycles. The van der Waals surface area contributed by atoms with E-state index in [0.29, 0.717) is 0 Å². The third-order valence-electron chi connectivity index (χ3n) is 7.52. The van der Waals surface area contributed by atoms with Crippen molar-refractivity contribution in [3.8, 4) is 11.1 Å². The van der Waals surface area contributed by atoms with E-state index in [1.165, 1.54) is 66.0 Å². The fourth-order valence-corrected chi connectivity index (χ4v) is 8.56. The van der Waals surface area contributed by atoms with Crippen molar-refractivity contribution in [2.24, 2.45) is 0 Å². The van der Waals surface area contributed by atoms with E-state index in [9.17, 15) is 0 Å². The summed E-state index contributed by atoms with van der Waals surface area (Å²) in [4.78, 5) is 0. The zero-order valence-electron chi connectivity index (χ0n) is 21.3. The molecule has 0 saturated heterocycles. The van der Waals surface area contributed by atoms with Gasteiger partial charge in [0.1, 0.15) is 0 Å². The Morgan fingerprint density at radius 3 is 2.06 bits per heavy atom. The molecule has 1 unspecified atom stereocenters. The van der Waals surface area contributed by atoms with E-state index in [0.717, 1.165) is 12.8 Å². The summed E-state index contributed by atoms with van der Waals surface area (Å²) >= 11 is 0. The molecule has 0 aromatic heterocycles. The third kappa shape index (κ3) is 4.11. The van der Waals surface area contributed by atoms with Crippen LogP contribution in [0.4, 0.5) is 0 Å². The van der Waals surface area contributed by atoms with Crippen LogP contribution in [0.15, 0.2) is 109 Å². The van der Waals surface area contributed by atoms with E-state index in [1.54, 1.807) is 0 Å². The molecule has 5 aromatic carbocycles. The topological polar surface area (TPSA) is 0 Å². The molecule has 36 heavy (non-hydrogen) atoms. The second-order valence-electron chi connectivity index (χ2n) is 9.99. The first-order valence-corrected chi connectivity index (χ1v) is 14.1. The van der Waals surface area contributed by atoms with Crippen LogP contribution in [0.3, 0.4) is 0 Å². The predicted octanol–water partition coefficient (Wildman–Crippen LogP) is 7.53. The lowest BCUT2D eigenvalue weighted by atomic mass is 9.94. The average molecular weight is 483 g/mol. The first-order chi connectivity index (χ1) is 17.6. The zero-order chi connectivity index (χ0) is 24.6. The van der Waals surface area contributed by atoms with Gasteiger partial charge in [-0.2, -0.15) is 0 Å². The van der Waals surface area contributed by atoms with Crippen molar-refractivity contribution < 1.29 is 0 Å². The van der Waals surface area contributed by atoms with Crippen LogP contribution in [0, 0.1) is 20.8 Å². The Hall–Kier alpha value is -3.47. The lowest BCUT2D eigenvalue weighted by Crippen LogP contribution is -2.25. The van der Waals surface area contributed by atoms with Crippen molar-refractivity contribution >= 4 is 23.8 Å². The van der Waals surface area contributed by atoms with E-state index >= 15 is 0 Å². The Morgan fingerprint density at radius 2 is 1.25 bits per heavy atom. The molecule has 0 bridgehead atoms. The quantitative estimate of drug-likeness (QED) is 0.223. The summed E-state index contributed by atoms with van der Waals surface area (Å²) in [5, 5.41) is 4.39. The van der Waals surface area contributed by atoms with Gasteiger partial charge in [0, 0.05) is 0 Å². The van der Waals surface area contributed by atoms with Crippen LogP contribution in [0.25, 0.3) is 11.1 Å². The molecule has 1 heteroatoms. The molecule has 5 aromatic rings. The summed E-state index contributed by atoms with van der Waals surface area (Å²) in [5.41, 5.74) is 12.8. The average Bonchev–Trinajstić information content (AvgIpc) is 3.27. The van der Waals surface area contributed by atoms with Crippen LogP contribution in [-0.2, 0) is 12.8 Å². The van der Waals surface area contributed by atoms with Crippen LogP contribution in [0.1, 0.15) is 38.9 Å². The maximum Gasteiger partial charge on any atom is -0.000688 e. The van der Waals surface area contributed by atoms with Gasteiger partial charge in [-0.1, -0.05) is 115 Å². The van der Waals surface area contributed by atoms with Gasteiger partial charge in [-0.05, 0) is 102 Å². The van der Waals surface area contributed by atoms with E-state index in [2.05, 4.69) is 130 Å². The Labute approximate surface area is 216 Å². The molecule has 176 valence electrons. The Morgan fingerprint density at radius 1 is 0.611 bits per heavy atom. The molecule has 0 fully saturated rings. The van der Waals surface area contributed by atoms with E-state index < -0.39 is 7.92 Å². The minimum Gasteiger partial charge on any atom is -0.0622 e. The van der Waals surface area contributed by atoms with Crippen molar-refractivity contribution in [1.82, 2.24) is 0 Å². The van der Waals surface area contributed by atoms with Crippen molar-refractivity contribution in [3.05, 3.63) is 148 Å². The SMILES string of the molecule is Cc1cc(C)c(Cc2ccccc2P(c2ccccc2)c2cccc3c2Cc2ccccc2-3)c(C)c1. The molecule has 0 N–H and O–H groups in total. The molecule has 1 aliphatic rings. The minimum atomic E-state index is -0.694. The summed E-state index contributed by atoms with van der Waals surface area (Å²) in [6, 6.07) is 40.9. The zero-order valence-corrected chi connectivity index (χ0v) is 22.1. The number of fused-ring (bicyclic) bond motifs is 3. The highest BCUT2D eigenvalue weighted by Gasteiger charge is 2.27. The van der Waals surface area contributed by atoms with Gasteiger partial charge in [0.05, 0.1) is 0 Å². The maximum absolute atomic E-state index is 2.39. The molecular formula is C35H31P. The van der Waals surface area contributed by atoms with E-state index in [-0.39, 0.29) is 0 Å². The Balaban J connectivity index is 1.53. The van der Waals surface area contributed by atoms with Gasteiger partial charge in [-0.15, -0.1) is 0 Å². The number of rotatable bonds is 5. The number of hydrogen-bond donors (Lipinski definition) is 0. The standard InChI is InChI=1S/C35H31P/c1-24-20-25(2)32(26(3)21-24)23-28-13-8-10-18-34(28)36(29-14-5-4-6-15-29)35-19-11-17-31-30-16-9-7-12-27(30)22-33(31)35/h4-21H,22-23H2,1-3H3. The molecule has 0 amide bonds. The molecule has 0 nitrogen and oxygen atoms in total. The van der Waals surface area contributed by atoms with Gasteiger partial charge in [-0.3, -0.25) is 0 Å². The van der Waals surface area contributed by atoms with Crippen LogP contribution in [0.2, 0.25) is 0 Å². The summed E-state index contributed by atoms with van der Waals surface area (Å²) in [7, 11) is -0.694. The van der Waals surface area contributed by atoms with Crippen LogP contribution >= 0.6 is 7.92 Å². The fraction of sp³-hybridized carbons (Fsp3) is 0.143. The third-order valence-corrected chi connectivity index (χ3v) is 10.2. The van der Waals surface area contributed by atoms with Crippen LogP contribution in [-0.4, -0.2) is 0 Å². The lowest BCUT2D eigenvalue weighted by molar-refractivity contribution is 1.12. The monoisotopic (exact) mass is 482 g/mol. The second kappa shape index (κ2) is 9.53. The van der Waals surface area contributed by atoms with Gasteiger partial charge >= 0.3 is 0 Å². The van der Waals surface area contributed by atoms with Crippen molar-refractivity contribution in [3.63, 3.8) is 0 Å². The van der Waals surface area contributed by atoms with E-state index in [1.807, 2.05) is 0 Å². The van der Waals surface area contributed by atoms with Crippen LogP contribution < -0.4 is 15.9 Å². The molecule has 0 heterocycles. The van der Waals surface area contributed by atoms with Crippen molar-refractivity contribution in [1.29, 1.82) is 0 Å². The summed E-state index contributed by atoms with van der Waals surface area (Å²) in [6.45, 7) is 6.72. The fourth-order valence-electron chi connectivity index (χ4n) is 5.89. The highest BCUT2D eigenvalue weighted by Crippen LogP contribution is 2.43. The molecule has 1 aliphatic carbocycles. The molecule has 0 aliphatic heterocycles. The van der Waals surface area contributed by atoms with Crippen molar-refractivity contribution in [2.45, 2.75) is 33.6 Å². The Kier molecular flexibility index (Phi) is 6.08. The first kappa shape index (κ1) is 23.0. The summed E-state index contributed by atoms with van der Waals surface area (Å²) in [5.74, 6) is 0. The van der Waals surface area contributed by atoms with Gasteiger partial charge in [-0.25, -0.2) is 0 Å². The molecule has 6 rings (SSSR count). The largest absolute Gasteiger partial charge is 0.0622 e. The highest BCUT2D eigenvalue weighted by atomic mass is 31.1. The number of aryl methyl sites for hydroxylation is 3. The first-order valence-electron chi connectivity index (χ1n) is 12.8. The molecular weight excluding hydrogens is 451 g/mol. The number of hydrogen-bond acceptors (Lipinski definition) is 0. The molecule has 0 radical (unpaired) electrons. The van der Waals surface area contributed by atoms with Gasteiger partial charge in [0.2, 0.25) is 0 Å². The Bertz CT molecular complexity index is 1540.